The summed E-state index contributed by atoms with van der Waals surface area (Å²) >= 11 is 0. The van der Waals surface area contributed by atoms with Gasteiger partial charge in [0.15, 0.2) is 0 Å². The lowest BCUT2D eigenvalue weighted by Gasteiger charge is -2.32. The van der Waals surface area contributed by atoms with Crippen LogP contribution in [0.1, 0.15) is 22.8 Å². The molecule has 1 saturated heterocycles. The molecule has 6 nitrogen and oxygen atoms in total. The second-order valence-corrected chi connectivity index (χ2v) is 6.21. The van der Waals surface area contributed by atoms with Crippen molar-refractivity contribution in [3.63, 3.8) is 0 Å². The van der Waals surface area contributed by atoms with Gasteiger partial charge in [-0.25, -0.2) is 4.98 Å². The number of ether oxygens (including phenoxy) is 2. The van der Waals surface area contributed by atoms with Crippen LogP contribution in [0.5, 0.6) is 5.75 Å². The first-order chi connectivity index (χ1) is 13.0. The summed E-state index contributed by atoms with van der Waals surface area (Å²) in [6, 6.07) is 9.67. The molecule has 0 saturated carbocycles. The molecular formula is C19H21F2N3O3. The number of carbonyl (C=O) groups is 1. The van der Waals surface area contributed by atoms with Gasteiger partial charge in [-0.15, -0.1) is 0 Å². The van der Waals surface area contributed by atoms with Crippen molar-refractivity contribution in [2.24, 2.45) is 0 Å². The average molecular weight is 377 g/mol. The predicted molar refractivity (Wildman–Crippen MR) is 96.1 cm³/mol. The highest BCUT2D eigenvalue weighted by molar-refractivity contribution is 5.96. The minimum absolute atomic E-state index is 0.0599. The molecule has 0 unspecified atom stereocenters. The van der Waals surface area contributed by atoms with Crippen LogP contribution in [0.4, 0.5) is 14.6 Å². The number of aromatic nitrogens is 1. The number of nitrogens with one attached hydrogen (secondary N) is 1. The van der Waals surface area contributed by atoms with Gasteiger partial charge in [0.2, 0.25) is 0 Å². The predicted octanol–water partition coefficient (Wildman–Crippen LogP) is 2.84. The van der Waals surface area contributed by atoms with Gasteiger partial charge in [-0.2, -0.15) is 8.78 Å². The molecule has 1 fully saturated rings. The van der Waals surface area contributed by atoms with E-state index >= 15 is 0 Å². The molecule has 2 heterocycles. The van der Waals surface area contributed by atoms with Crippen LogP contribution in [0.3, 0.4) is 0 Å². The minimum atomic E-state index is -2.99. The van der Waals surface area contributed by atoms with Gasteiger partial charge in [0.25, 0.3) is 5.91 Å². The van der Waals surface area contributed by atoms with E-state index in [9.17, 15) is 13.6 Å². The van der Waals surface area contributed by atoms with Crippen molar-refractivity contribution in [1.82, 2.24) is 10.3 Å². The molecule has 1 aromatic carbocycles. The first-order valence-electron chi connectivity index (χ1n) is 8.66. The van der Waals surface area contributed by atoms with E-state index in [0.29, 0.717) is 6.61 Å². The first-order valence-corrected chi connectivity index (χ1v) is 8.66. The van der Waals surface area contributed by atoms with Gasteiger partial charge >= 0.3 is 6.61 Å². The van der Waals surface area contributed by atoms with Crippen molar-refractivity contribution in [3.05, 3.63) is 53.7 Å². The van der Waals surface area contributed by atoms with Gasteiger partial charge in [0.05, 0.1) is 18.3 Å². The summed E-state index contributed by atoms with van der Waals surface area (Å²) in [6.45, 7) is 1.50. The van der Waals surface area contributed by atoms with Crippen LogP contribution >= 0.6 is 0 Å². The van der Waals surface area contributed by atoms with Crippen LogP contribution in [0.15, 0.2) is 42.6 Å². The molecule has 8 heteroatoms. The maximum Gasteiger partial charge on any atom is 0.387 e. The molecule has 1 aliphatic rings. The van der Waals surface area contributed by atoms with E-state index in [1.54, 1.807) is 12.3 Å². The van der Waals surface area contributed by atoms with Crippen molar-refractivity contribution < 1.29 is 23.0 Å². The number of nitrogens with zero attached hydrogens (tertiary/aromatic N) is 2. The third-order valence-electron chi connectivity index (χ3n) is 4.17. The zero-order chi connectivity index (χ0) is 19.2. The number of para-hydroxylation sites is 1. The van der Waals surface area contributed by atoms with Crippen LogP contribution in [0.25, 0.3) is 0 Å². The molecular weight excluding hydrogens is 356 g/mol. The van der Waals surface area contributed by atoms with Gasteiger partial charge < -0.3 is 19.7 Å². The molecule has 144 valence electrons. The first kappa shape index (κ1) is 19.0. The highest BCUT2D eigenvalue weighted by Crippen LogP contribution is 2.20. The Labute approximate surface area is 156 Å². The molecule has 1 aromatic heterocycles. The standard InChI is InChI=1S/C19H21F2N3O3/c1-13-12-24(8-9-26-13)17-7-6-14(10-22-17)11-23-18(25)15-4-2-3-5-16(15)27-19(20)21/h2-7,10,13,19H,8-9,11-12H2,1H3,(H,23,25)/t13-/m1/s1. The van der Waals surface area contributed by atoms with E-state index in [4.69, 9.17) is 4.74 Å². The third-order valence-corrected chi connectivity index (χ3v) is 4.17. The van der Waals surface area contributed by atoms with Crippen LogP contribution in [0.2, 0.25) is 0 Å². The number of benzene rings is 1. The minimum Gasteiger partial charge on any atom is -0.434 e. The molecule has 0 radical (unpaired) electrons. The normalized spacial score (nSPS) is 17.0. The number of halogens is 2. The fourth-order valence-corrected chi connectivity index (χ4v) is 2.87. The topological polar surface area (TPSA) is 63.7 Å². The number of rotatable bonds is 6. The quantitative estimate of drug-likeness (QED) is 0.839. The Hall–Kier alpha value is -2.74. The van der Waals surface area contributed by atoms with Crippen molar-refractivity contribution in [2.45, 2.75) is 26.2 Å². The molecule has 3 rings (SSSR count). The van der Waals surface area contributed by atoms with Gasteiger partial charge in [-0.1, -0.05) is 18.2 Å². The summed E-state index contributed by atoms with van der Waals surface area (Å²) in [5, 5.41) is 2.70. The van der Waals surface area contributed by atoms with E-state index in [1.807, 2.05) is 19.1 Å². The van der Waals surface area contributed by atoms with Crippen LogP contribution in [-0.4, -0.2) is 43.3 Å². The van der Waals surface area contributed by atoms with Crippen LogP contribution in [-0.2, 0) is 11.3 Å². The third kappa shape index (κ3) is 5.13. The van der Waals surface area contributed by atoms with E-state index in [2.05, 4.69) is 19.9 Å². The van der Waals surface area contributed by atoms with Crippen molar-refractivity contribution in [1.29, 1.82) is 0 Å². The monoisotopic (exact) mass is 377 g/mol. The van der Waals surface area contributed by atoms with E-state index in [-0.39, 0.29) is 24.0 Å². The Balaban J connectivity index is 1.59. The molecule has 1 aliphatic heterocycles. The fourth-order valence-electron chi connectivity index (χ4n) is 2.87. The van der Waals surface area contributed by atoms with Crippen LogP contribution < -0.4 is 15.0 Å². The summed E-state index contributed by atoms with van der Waals surface area (Å²) < 4.78 is 34.8. The second-order valence-electron chi connectivity index (χ2n) is 6.21. The molecule has 0 bridgehead atoms. The number of hydrogen-bond acceptors (Lipinski definition) is 5. The van der Waals surface area contributed by atoms with Crippen molar-refractivity contribution in [2.75, 3.05) is 24.6 Å². The number of pyridine rings is 1. The maximum absolute atomic E-state index is 12.5. The Kier molecular flexibility index (Phi) is 6.18. The molecule has 2 aromatic rings. The molecule has 0 spiro atoms. The van der Waals surface area contributed by atoms with E-state index in [1.165, 1.54) is 18.2 Å². The second kappa shape index (κ2) is 8.77. The maximum atomic E-state index is 12.5. The highest BCUT2D eigenvalue weighted by atomic mass is 19.3. The fraction of sp³-hybridized carbons (Fsp3) is 0.368. The lowest BCUT2D eigenvalue weighted by molar-refractivity contribution is -0.0501. The Bertz CT molecular complexity index is 771. The summed E-state index contributed by atoms with van der Waals surface area (Å²) in [6.07, 6.45) is 1.85. The van der Waals surface area contributed by atoms with Gasteiger partial charge in [-0.05, 0) is 30.7 Å². The summed E-state index contributed by atoms with van der Waals surface area (Å²) in [4.78, 5) is 18.9. The Morgan fingerprint density at radius 3 is 2.89 bits per heavy atom. The number of carbonyl (C=O) groups excluding carboxylic acids is 1. The Morgan fingerprint density at radius 1 is 1.37 bits per heavy atom. The van der Waals surface area contributed by atoms with E-state index < -0.39 is 12.5 Å². The zero-order valence-corrected chi connectivity index (χ0v) is 14.9. The van der Waals surface area contributed by atoms with E-state index in [0.717, 1.165) is 24.5 Å². The number of amides is 1. The molecule has 1 amide bonds. The summed E-state index contributed by atoms with van der Waals surface area (Å²) in [7, 11) is 0. The number of anilines is 1. The number of hydrogen-bond donors (Lipinski definition) is 1. The Morgan fingerprint density at radius 2 is 2.19 bits per heavy atom. The molecule has 1 atom stereocenters. The summed E-state index contributed by atoms with van der Waals surface area (Å²) in [5.74, 6) is 0.216. The van der Waals surface area contributed by atoms with Crippen molar-refractivity contribution >= 4 is 11.7 Å². The lowest BCUT2D eigenvalue weighted by atomic mass is 10.2. The molecule has 0 aliphatic carbocycles. The SMILES string of the molecule is C[C@@H]1CN(c2ccc(CNC(=O)c3ccccc3OC(F)F)cn2)CCO1. The van der Waals surface area contributed by atoms with Crippen molar-refractivity contribution in [3.8, 4) is 5.75 Å². The number of alkyl halides is 2. The lowest BCUT2D eigenvalue weighted by Crippen LogP contribution is -2.41. The number of morpholine rings is 1. The summed E-state index contributed by atoms with van der Waals surface area (Å²) in [5.41, 5.74) is 0.866. The average Bonchev–Trinajstić information content (AvgIpc) is 2.66. The smallest absolute Gasteiger partial charge is 0.387 e. The highest BCUT2D eigenvalue weighted by Gasteiger charge is 2.18. The van der Waals surface area contributed by atoms with Gasteiger partial charge in [0.1, 0.15) is 11.6 Å². The molecule has 27 heavy (non-hydrogen) atoms. The van der Waals surface area contributed by atoms with Gasteiger partial charge in [-0.3, -0.25) is 4.79 Å². The largest absolute Gasteiger partial charge is 0.434 e. The van der Waals surface area contributed by atoms with Crippen LogP contribution in [0, 0.1) is 0 Å². The molecule has 1 N–H and O–H groups in total. The zero-order valence-electron chi connectivity index (χ0n) is 14.9. The van der Waals surface area contributed by atoms with Gasteiger partial charge in [0, 0.05) is 25.8 Å².